The van der Waals surface area contributed by atoms with Crippen LogP contribution in [0.1, 0.15) is 15.2 Å². The Kier molecular flexibility index (Phi) is 5.59. The van der Waals surface area contributed by atoms with Gasteiger partial charge in [-0.15, -0.1) is 11.3 Å². The van der Waals surface area contributed by atoms with E-state index in [1.807, 2.05) is 18.2 Å². The Morgan fingerprint density at radius 2 is 1.78 bits per heavy atom. The average molecular weight is 403 g/mol. The van der Waals surface area contributed by atoms with Crippen LogP contribution in [0.4, 0.5) is 11.4 Å². The molecule has 6 nitrogen and oxygen atoms in total. The van der Waals surface area contributed by atoms with Crippen molar-refractivity contribution in [3.63, 3.8) is 0 Å². The van der Waals surface area contributed by atoms with Crippen LogP contribution in [0, 0.1) is 6.92 Å². The van der Waals surface area contributed by atoms with Gasteiger partial charge in [-0.1, -0.05) is 18.2 Å². The number of carboxylic acid groups (broad SMARTS) is 1. The van der Waals surface area contributed by atoms with E-state index in [2.05, 4.69) is 0 Å². The zero-order chi connectivity index (χ0) is 19.6. The fourth-order valence-electron chi connectivity index (χ4n) is 2.67. The molecule has 140 valence electrons. The standard InChI is InChI=1S/C19H17NO5S2/c1-12-5-3-4-6-15(12)20(27(23)24)16-11-17(26-18(16)19(21)22)13-7-9-14(25-2)10-8-13/h3-11H,1-2H3,(H,21,22)(H,23,24). The minimum atomic E-state index is -2.43. The first-order chi connectivity index (χ1) is 12.9. The molecule has 0 saturated carbocycles. The minimum Gasteiger partial charge on any atom is -0.497 e. The Balaban J connectivity index is 2.15. The molecule has 0 bridgehead atoms. The molecule has 1 aromatic heterocycles. The van der Waals surface area contributed by atoms with Crippen LogP contribution in [0.2, 0.25) is 0 Å². The first-order valence-corrected chi connectivity index (χ1v) is 9.78. The summed E-state index contributed by atoms with van der Waals surface area (Å²) in [6.45, 7) is 1.80. The molecular weight excluding hydrogens is 386 g/mol. The third-order valence-corrected chi connectivity index (χ3v) is 5.86. The second-order valence-electron chi connectivity index (χ2n) is 5.67. The fourth-order valence-corrected chi connectivity index (χ4v) is 4.40. The predicted octanol–water partition coefficient (Wildman–Crippen LogP) is 4.71. The van der Waals surface area contributed by atoms with Gasteiger partial charge in [-0.25, -0.2) is 13.3 Å². The van der Waals surface area contributed by atoms with Gasteiger partial charge in [0.15, 0.2) is 0 Å². The molecule has 0 fully saturated rings. The second kappa shape index (κ2) is 7.91. The third kappa shape index (κ3) is 3.87. The smallest absolute Gasteiger partial charge is 0.348 e. The molecule has 1 heterocycles. The van der Waals surface area contributed by atoms with E-state index in [0.717, 1.165) is 26.8 Å². The summed E-state index contributed by atoms with van der Waals surface area (Å²) in [6, 6.07) is 15.8. The molecule has 0 aliphatic heterocycles. The van der Waals surface area contributed by atoms with E-state index in [4.69, 9.17) is 4.74 Å². The molecule has 0 radical (unpaired) electrons. The van der Waals surface area contributed by atoms with E-state index in [9.17, 15) is 18.7 Å². The van der Waals surface area contributed by atoms with Crippen LogP contribution < -0.4 is 9.04 Å². The van der Waals surface area contributed by atoms with Crippen LogP contribution in [0.5, 0.6) is 5.75 Å². The summed E-state index contributed by atoms with van der Waals surface area (Å²) in [5.41, 5.74) is 2.20. The van der Waals surface area contributed by atoms with E-state index in [1.165, 1.54) is 0 Å². The molecule has 8 heteroatoms. The topological polar surface area (TPSA) is 87.1 Å². The summed E-state index contributed by atoms with van der Waals surface area (Å²) in [5.74, 6) is -0.467. The Bertz CT molecular complexity index is 998. The second-order valence-corrected chi connectivity index (χ2v) is 7.55. The van der Waals surface area contributed by atoms with Gasteiger partial charge in [0.2, 0.25) is 0 Å². The molecule has 2 N–H and O–H groups in total. The number of hydrogen-bond donors (Lipinski definition) is 2. The lowest BCUT2D eigenvalue weighted by molar-refractivity contribution is 0.0703. The highest BCUT2D eigenvalue weighted by Gasteiger charge is 2.26. The highest BCUT2D eigenvalue weighted by molar-refractivity contribution is 7.81. The van der Waals surface area contributed by atoms with Gasteiger partial charge >= 0.3 is 5.97 Å². The summed E-state index contributed by atoms with van der Waals surface area (Å²) >= 11 is -1.38. The van der Waals surface area contributed by atoms with Gasteiger partial charge in [0.1, 0.15) is 10.6 Å². The van der Waals surface area contributed by atoms with Crippen molar-refractivity contribution in [3.05, 3.63) is 65.0 Å². The molecule has 0 aliphatic carbocycles. The SMILES string of the molecule is COc1ccc(-c2cc(N(c3ccccc3C)S(=O)O)c(C(=O)O)s2)cc1. The maximum atomic E-state index is 12.1. The lowest BCUT2D eigenvalue weighted by atomic mass is 10.1. The van der Waals surface area contributed by atoms with E-state index < -0.39 is 17.2 Å². The normalized spacial score (nSPS) is 11.8. The van der Waals surface area contributed by atoms with Crippen LogP contribution in [-0.2, 0) is 11.3 Å². The first-order valence-electron chi connectivity index (χ1n) is 7.90. The molecule has 2 aromatic carbocycles. The molecule has 3 aromatic rings. The van der Waals surface area contributed by atoms with Crippen molar-refractivity contribution in [1.82, 2.24) is 0 Å². The number of carbonyl (C=O) groups is 1. The molecule has 3 rings (SSSR count). The first kappa shape index (κ1) is 19.1. The number of nitrogens with zero attached hydrogens (tertiary/aromatic N) is 1. The molecule has 0 spiro atoms. The maximum Gasteiger partial charge on any atom is 0.348 e. The Morgan fingerprint density at radius 1 is 1.11 bits per heavy atom. The number of rotatable bonds is 6. The number of thiophene rings is 1. The van der Waals surface area contributed by atoms with Crippen molar-refractivity contribution in [1.29, 1.82) is 0 Å². The van der Waals surface area contributed by atoms with Crippen LogP contribution in [0.3, 0.4) is 0 Å². The Labute approximate surface area is 163 Å². The van der Waals surface area contributed by atoms with E-state index >= 15 is 0 Å². The number of aromatic carboxylic acids is 1. The minimum absolute atomic E-state index is 0.00790. The number of ether oxygens (including phenoxy) is 1. The quantitative estimate of drug-likeness (QED) is 0.582. The number of hydrogen-bond acceptors (Lipinski definition) is 4. The number of benzene rings is 2. The van der Waals surface area contributed by atoms with Crippen molar-refractivity contribution in [2.24, 2.45) is 0 Å². The third-order valence-electron chi connectivity index (χ3n) is 3.99. The van der Waals surface area contributed by atoms with E-state index in [-0.39, 0.29) is 10.6 Å². The van der Waals surface area contributed by atoms with E-state index in [0.29, 0.717) is 16.3 Å². The van der Waals surface area contributed by atoms with Crippen molar-refractivity contribution in [3.8, 4) is 16.2 Å². The van der Waals surface area contributed by atoms with Gasteiger partial charge in [-0.05, 0) is 54.4 Å². The van der Waals surface area contributed by atoms with Gasteiger partial charge in [0.05, 0.1) is 18.5 Å². The number of aryl methyl sites for hydroxylation is 1. The summed E-state index contributed by atoms with van der Waals surface area (Å²) in [6.07, 6.45) is 0. The Hall–Kier alpha value is -2.68. The van der Waals surface area contributed by atoms with Crippen LogP contribution >= 0.6 is 11.3 Å². The number of methoxy groups -OCH3 is 1. The molecular formula is C19H17NO5S2. The van der Waals surface area contributed by atoms with Crippen LogP contribution in [0.25, 0.3) is 10.4 Å². The summed E-state index contributed by atoms with van der Waals surface area (Å²) in [7, 11) is 1.57. The lowest BCUT2D eigenvalue weighted by Crippen LogP contribution is -2.21. The number of anilines is 2. The zero-order valence-corrected chi connectivity index (χ0v) is 16.2. The lowest BCUT2D eigenvalue weighted by Gasteiger charge is -2.21. The number of para-hydroxylation sites is 1. The molecule has 1 atom stereocenters. The maximum absolute atomic E-state index is 12.1. The predicted molar refractivity (Wildman–Crippen MR) is 107 cm³/mol. The van der Waals surface area contributed by atoms with Gasteiger partial charge in [0.25, 0.3) is 11.3 Å². The molecule has 0 aliphatic rings. The van der Waals surface area contributed by atoms with Crippen molar-refractivity contribution < 1.29 is 23.4 Å². The van der Waals surface area contributed by atoms with Crippen molar-refractivity contribution in [2.75, 3.05) is 11.4 Å². The molecule has 1 unspecified atom stereocenters. The summed E-state index contributed by atoms with van der Waals surface area (Å²) in [4.78, 5) is 12.5. The Morgan fingerprint density at radius 3 is 2.33 bits per heavy atom. The largest absolute Gasteiger partial charge is 0.497 e. The van der Waals surface area contributed by atoms with Crippen molar-refractivity contribution in [2.45, 2.75) is 6.92 Å². The molecule has 27 heavy (non-hydrogen) atoms. The average Bonchev–Trinajstić information content (AvgIpc) is 3.08. The highest BCUT2D eigenvalue weighted by Crippen LogP contribution is 2.41. The fraction of sp³-hybridized carbons (Fsp3) is 0.105. The number of carboxylic acids is 1. The van der Waals surface area contributed by atoms with Gasteiger partial charge in [-0.2, -0.15) is 0 Å². The summed E-state index contributed by atoms with van der Waals surface area (Å²) < 4.78 is 28.2. The van der Waals surface area contributed by atoms with Gasteiger partial charge < -0.3 is 9.84 Å². The highest BCUT2D eigenvalue weighted by atomic mass is 32.2. The van der Waals surface area contributed by atoms with Crippen LogP contribution in [-0.4, -0.2) is 26.9 Å². The van der Waals surface area contributed by atoms with Crippen molar-refractivity contribution >= 4 is 39.9 Å². The molecule has 0 amide bonds. The zero-order valence-electron chi connectivity index (χ0n) is 14.6. The van der Waals surface area contributed by atoms with Gasteiger partial charge in [0, 0.05) is 4.88 Å². The van der Waals surface area contributed by atoms with Crippen LogP contribution in [0.15, 0.2) is 54.6 Å². The summed E-state index contributed by atoms with van der Waals surface area (Å²) in [5, 5.41) is 9.64. The monoisotopic (exact) mass is 403 g/mol. The molecule has 0 saturated heterocycles. The van der Waals surface area contributed by atoms with E-state index in [1.54, 1.807) is 50.4 Å². The van der Waals surface area contributed by atoms with Gasteiger partial charge in [-0.3, -0.25) is 4.55 Å².